The summed E-state index contributed by atoms with van der Waals surface area (Å²) >= 11 is 0. The van der Waals surface area contributed by atoms with Crippen LogP contribution in [0.3, 0.4) is 0 Å². The van der Waals surface area contributed by atoms with Crippen molar-refractivity contribution in [2.45, 2.75) is 70.5 Å². The second-order valence-electron chi connectivity index (χ2n) is 16.5. The van der Waals surface area contributed by atoms with Gasteiger partial charge in [-0.1, -0.05) is 6.92 Å². The summed E-state index contributed by atoms with van der Waals surface area (Å²) in [5, 5.41) is 25.1. The molecule has 6 atom stereocenters. The highest BCUT2D eigenvalue weighted by Crippen LogP contribution is 2.51. The zero-order valence-electron chi connectivity index (χ0n) is 37.6. The number of anilines is 1. The van der Waals surface area contributed by atoms with Gasteiger partial charge in [0.05, 0.1) is 44.2 Å². The molecule has 1 saturated carbocycles. The molecule has 65 heavy (non-hydrogen) atoms. The largest absolute Gasteiger partial charge is 0.478 e. The van der Waals surface area contributed by atoms with Crippen LogP contribution in [0.25, 0.3) is 33.4 Å². The fraction of sp³-hybridized carbons (Fsp3) is 0.500. The summed E-state index contributed by atoms with van der Waals surface area (Å²) in [6.07, 6.45) is 7.84. The van der Waals surface area contributed by atoms with E-state index in [4.69, 9.17) is 33.7 Å². The van der Waals surface area contributed by atoms with Crippen molar-refractivity contribution in [2.24, 2.45) is 11.8 Å². The second-order valence-corrected chi connectivity index (χ2v) is 19.4. The molecule has 0 saturated heterocycles. The molecule has 19 heteroatoms. The Morgan fingerprint density at radius 3 is 2.42 bits per heavy atom. The first-order valence-electron chi connectivity index (χ1n) is 21.7. The molecule has 5 rings (SSSR count). The highest BCUT2D eigenvalue weighted by atomic mass is 31.2. The Kier molecular flexibility index (Phi) is 18.9. The predicted molar refractivity (Wildman–Crippen MR) is 247 cm³/mol. The van der Waals surface area contributed by atoms with E-state index in [0.29, 0.717) is 78.4 Å². The predicted octanol–water partition coefficient (Wildman–Crippen LogP) is 6.76. The third kappa shape index (κ3) is 15.3. The van der Waals surface area contributed by atoms with Gasteiger partial charge in [-0.05, 0) is 98.7 Å². The van der Waals surface area contributed by atoms with E-state index in [0.717, 1.165) is 17.5 Å². The average molecular weight is 943 g/mol. The molecular weight excluding hydrogens is 880 g/mol. The molecule has 2 aromatic rings. The number of rotatable bonds is 27. The standard InChI is InChI=1S/C46H61N3O14P2/c1-7-9-10-11-22-59-64(54,55)60-23-19-31-24-33(31)25-37(8-2)63-65(56,57)61-30-36(50)29-58-21-12-20-47-45(51)32-13-16-38(46(52)53)41(26-32)44-39-17-14-34(48(3)4)27-42(39)62-43-28-35(49(5)6)15-18-40(43)44/h1,13-18,26-28,31,33,36-37,50H,8-12,19-25,29-30H2,2-6H3,(H3-,47,51,52,53,54,55,56,57)/p+1/t31?,33?,36?,37-/m0/s1. The highest BCUT2D eigenvalue weighted by Gasteiger charge is 2.40. The van der Waals surface area contributed by atoms with Crippen LogP contribution in [0.2, 0.25) is 0 Å². The summed E-state index contributed by atoms with van der Waals surface area (Å²) in [5.41, 5.74) is 3.38. The highest BCUT2D eigenvalue weighted by molar-refractivity contribution is 7.47. The third-order valence-corrected chi connectivity index (χ3v) is 13.1. The molecule has 1 fully saturated rings. The average Bonchev–Trinajstić information content (AvgIpc) is 4.01. The third-order valence-electron chi connectivity index (χ3n) is 11.1. The first-order chi connectivity index (χ1) is 30.9. The number of carboxylic acids is 1. The molecule has 0 aromatic heterocycles. The number of phosphoric acid groups is 2. The van der Waals surface area contributed by atoms with E-state index in [-0.39, 0.29) is 55.9 Å². The zero-order chi connectivity index (χ0) is 47.3. The topological polar surface area (TPSA) is 227 Å². The van der Waals surface area contributed by atoms with Crippen LogP contribution in [0.5, 0.6) is 0 Å². The number of aliphatic hydroxyl groups is 1. The van der Waals surface area contributed by atoms with Gasteiger partial charge in [0.1, 0.15) is 31.5 Å². The van der Waals surface area contributed by atoms with Crippen molar-refractivity contribution in [3.05, 3.63) is 71.1 Å². The smallest absolute Gasteiger partial charge is 0.472 e. The number of hydrogen-bond acceptors (Lipinski definition) is 12. The molecule has 3 aliphatic rings. The minimum absolute atomic E-state index is 0.0220. The van der Waals surface area contributed by atoms with Crippen LogP contribution in [0.4, 0.5) is 5.69 Å². The summed E-state index contributed by atoms with van der Waals surface area (Å²) < 4.78 is 59.2. The van der Waals surface area contributed by atoms with E-state index >= 15 is 0 Å². The van der Waals surface area contributed by atoms with E-state index < -0.39 is 46.3 Å². The Morgan fingerprint density at radius 2 is 1.71 bits per heavy atom. The lowest BCUT2D eigenvalue weighted by atomic mass is 9.89. The van der Waals surface area contributed by atoms with Gasteiger partial charge >= 0.3 is 21.6 Å². The van der Waals surface area contributed by atoms with E-state index in [1.807, 2.05) is 81.0 Å². The normalized spacial score (nSPS) is 17.5. The number of ether oxygens (including phenoxy) is 1. The van der Waals surface area contributed by atoms with Crippen LogP contribution in [0, 0.1) is 24.2 Å². The van der Waals surface area contributed by atoms with E-state index in [1.165, 1.54) is 12.1 Å². The number of benzene rings is 3. The second kappa shape index (κ2) is 23.8. The van der Waals surface area contributed by atoms with E-state index in [1.54, 1.807) is 6.07 Å². The lowest BCUT2D eigenvalue weighted by Gasteiger charge is -2.21. The Morgan fingerprint density at radius 1 is 0.938 bits per heavy atom. The molecule has 1 heterocycles. The van der Waals surface area contributed by atoms with Crippen molar-refractivity contribution in [1.29, 1.82) is 0 Å². The van der Waals surface area contributed by atoms with Gasteiger partial charge in [0.15, 0.2) is 0 Å². The van der Waals surface area contributed by atoms with Gasteiger partial charge < -0.3 is 39.4 Å². The van der Waals surface area contributed by atoms with Crippen molar-refractivity contribution in [3.8, 4) is 34.8 Å². The zero-order valence-corrected chi connectivity index (χ0v) is 39.4. The number of aromatic carboxylic acids is 1. The fourth-order valence-electron chi connectivity index (χ4n) is 7.38. The monoisotopic (exact) mass is 942 g/mol. The molecule has 0 bridgehead atoms. The molecule has 2 aliphatic carbocycles. The molecule has 5 unspecified atom stereocenters. The number of carbonyl (C=O) groups is 2. The maximum absolute atomic E-state index is 13.4. The van der Waals surface area contributed by atoms with Crippen molar-refractivity contribution in [2.75, 3.05) is 72.7 Å². The SMILES string of the molecule is C#CCCCCOP(=O)(O)OCCC1CC1C[C@H](CC)OP(=O)(O)OCC(O)COCCCNC(=O)c1ccc(C(=O)O)c(-c2c3ccc(=[N+](C)C)cc-3oc3cc(N(C)C)ccc23)c1. The van der Waals surface area contributed by atoms with Crippen LogP contribution in [0.1, 0.15) is 79.0 Å². The van der Waals surface area contributed by atoms with Gasteiger partial charge in [-0.15, -0.1) is 12.3 Å². The summed E-state index contributed by atoms with van der Waals surface area (Å²) in [6, 6.07) is 15.9. The summed E-state index contributed by atoms with van der Waals surface area (Å²) in [7, 11) is -0.998. The van der Waals surface area contributed by atoms with Crippen molar-refractivity contribution in [1.82, 2.24) is 9.89 Å². The van der Waals surface area contributed by atoms with Crippen molar-refractivity contribution >= 4 is 44.2 Å². The first-order valence-corrected chi connectivity index (χ1v) is 24.7. The number of hydrogen-bond donors (Lipinski definition) is 5. The molecule has 354 valence electrons. The Balaban J connectivity index is 1.07. The summed E-state index contributed by atoms with van der Waals surface area (Å²) in [5.74, 6) is 1.87. The van der Waals surface area contributed by atoms with Gasteiger partial charge in [-0.2, -0.15) is 0 Å². The van der Waals surface area contributed by atoms with Gasteiger partial charge in [-0.3, -0.25) is 22.9 Å². The van der Waals surface area contributed by atoms with Gasteiger partial charge in [0.2, 0.25) is 5.36 Å². The number of carboxylic acid groups (broad SMARTS) is 1. The van der Waals surface area contributed by atoms with E-state index in [9.17, 15) is 38.7 Å². The number of carbonyl (C=O) groups excluding carboxylic acids is 1. The minimum Gasteiger partial charge on any atom is -0.478 e. The van der Waals surface area contributed by atoms with Crippen LogP contribution in [-0.4, -0.2) is 112 Å². The number of aliphatic hydroxyl groups excluding tert-OH is 1. The van der Waals surface area contributed by atoms with Crippen molar-refractivity contribution in [3.63, 3.8) is 0 Å². The summed E-state index contributed by atoms with van der Waals surface area (Å²) in [4.78, 5) is 48.2. The molecule has 1 aliphatic heterocycles. The molecule has 5 N–H and O–H groups in total. The first kappa shape index (κ1) is 51.6. The van der Waals surface area contributed by atoms with Crippen molar-refractivity contribution < 1.29 is 66.0 Å². The Labute approximate surface area is 379 Å². The molecule has 17 nitrogen and oxygen atoms in total. The van der Waals surface area contributed by atoms with Crippen LogP contribution >= 0.6 is 15.6 Å². The Bertz CT molecular complexity index is 2450. The molecule has 1 amide bonds. The van der Waals surface area contributed by atoms with Gasteiger partial charge in [0.25, 0.3) is 5.91 Å². The van der Waals surface area contributed by atoms with Crippen LogP contribution in [0.15, 0.2) is 59.0 Å². The fourth-order valence-corrected chi connectivity index (χ4v) is 9.18. The minimum atomic E-state index is -4.51. The number of nitrogens with zero attached hydrogens (tertiary/aromatic N) is 2. The molecular formula is C46H62N3O14P2+. The molecule has 2 aromatic carbocycles. The molecule has 0 radical (unpaired) electrons. The number of unbranched alkanes of at least 4 members (excludes halogenated alkanes) is 2. The number of amides is 1. The number of phosphoric ester groups is 2. The number of fused-ring (bicyclic) bond motifs is 2. The maximum Gasteiger partial charge on any atom is 0.472 e. The van der Waals surface area contributed by atoms with Gasteiger partial charge in [0, 0.05) is 73.6 Å². The molecule has 0 spiro atoms. The Hall–Kier alpha value is -4.43. The van der Waals surface area contributed by atoms with E-state index in [2.05, 4.69) is 11.2 Å². The quantitative estimate of drug-likeness (QED) is 0.0137. The lowest BCUT2D eigenvalue weighted by Crippen LogP contribution is -2.26. The number of nitrogens with one attached hydrogen (secondary N) is 1. The maximum atomic E-state index is 13.4. The van der Waals surface area contributed by atoms with Crippen LogP contribution < -0.4 is 20.1 Å². The lowest BCUT2D eigenvalue weighted by molar-refractivity contribution is -0.00159. The number of terminal acetylenes is 1. The van der Waals surface area contributed by atoms with Gasteiger partial charge in [-0.25, -0.2) is 18.5 Å². The van der Waals surface area contributed by atoms with Crippen LogP contribution in [-0.2, 0) is 32.0 Å². The summed E-state index contributed by atoms with van der Waals surface area (Å²) in [6.45, 7) is 1.56.